The van der Waals surface area contributed by atoms with Gasteiger partial charge in [0, 0.05) is 18.4 Å². The molecule has 0 radical (unpaired) electrons. The fourth-order valence-corrected chi connectivity index (χ4v) is 2.25. The van der Waals surface area contributed by atoms with Crippen LogP contribution in [0.4, 0.5) is 5.69 Å². The zero-order valence-corrected chi connectivity index (χ0v) is 13.8. The quantitative estimate of drug-likeness (QED) is 0.783. The van der Waals surface area contributed by atoms with Gasteiger partial charge in [-0.05, 0) is 41.8 Å². The van der Waals surface area contributed by atoms with Crippen LogP contribution in [0.2, 0.25) is 0 Å². The minimum atomic E-state index is -0.124. The summed E-state index contributed by atoms with van der Waals surface area (Å²) in [6.45, 7) is 5.24. The van der Waals surface area contributed by atoms with Gasteiger partial charge >= 0.3 is 0 Å². The van der Waals surface area contributed by atoms with Crippen LogP contribution in [0.5, 0.6) is 5.75 Å². The van der Waals surface area contributed by atoms with Gasteiger partial charge in [-0.15, -0.1) is 0 Å². The summed E-state index contributed by atoms with van der Waals surface area (Å²) in [5, 5.41) is 2.98. The molecule has 1 amide bonds. The fraction of sp³-hybridized carbons (Fsp3) is 0.316. The maximum absolute atomic E-state index is 12.4. The van der Waals surface area contributed by atoms with E-state index < -0.39 is 0 Å². The topological polar surface area (TPSA) is 47.6 Å². The SMILES string of the molecule is COCCOc1ccc(C(=O)Nc2ccccc2C(C)C)cc1. The molecule has 2 aromatic carbocycles. The highest BCUT2D eigenvalue weighted by atomic mass is 16.5. The Kier molecular flexibility index (Phi) is 6.18. The minimum Gasteiger partial charge on any atom is -0.491 e. The molecule has 0 aliphatic heterocycles. The second-order valence-electron chi connectivity index (χ2n) is 5.56. The van der Waals surface area contributed by atoms with Gasteiger partial charge < -0.3 is 14.8 Å². The van der Waals surface area contributed by atoms with Crippen molar-refractivity contribution in [3.05, 3.63) is 59.7 Å². The lowest BCUT2D eigenvalue weighted by atomic mass is 10.0. The number of benzene rings is 2. The van der Waals surface area contributed by atoms with E-state index in [9.17, 15) is 4.79 Å². The van der Waals surface area contributed by atoms with E-state index in [1.165, 1.54) is 0 Å². The van der Waals surface area contributed by atoms with Gasteiger partial charge in [0.1, 0.15) is 12.4 Å². The van der Waals surface area contributed by atoms with E-state index in [2.05, 4.69) is 19.2 Å². The number of hydrogen-bond acceptors (Lipinski definition) is 3. The Balaban J connectivity index is 2.04. The van der Waals surface area contributed by atoms with E-state index in [0.29, 0.717) is 24.7 Å². The molecule has 0 saturated carbocycles. The van der Waals surface area contributed by atoms with Crippen LogP contribution in [-0.2, 0) is 4.74 Å². The molecule has 0 saturated heterocycles. The first kappa shape index (κ1) is 17.0. The molecule has 0 bridgehead atoms. The van der Waals surface area contributed by atoms with Crippen LogP contribution < -0.4 is 10.1 Å². The van der Waals surface area contributed by atoms with Gasteiger partial charge in [0.05, 0.1) is 6.61 Å². The van der Waals surface area contributed by atoms with E-state index in [1.807, 2.05) is 24.3 Å². The molecule has 0 unspecified atom stereocenters. The van der Waals surface area contributed by atoms with E-state index in [1.54, 1.807) is 31.4 Å². The first-order valence-corrected chi connectivity index (χ1v) is 7.74. The summed E-state index contributed by atoms with van der Waals surface area (Å²) in [7, 11) is 1.63. The van der Waals surface area contributed by atoms with Gasteiger partial charge in [-0.25, -0.2) is 0 Å². The number of carbonyl (C=O) groups excluding carboxylic acids is 1. The highest BCUT2D eigenvalue weighted by molar-refractivity contribution is 6.04. The highest BCUT2D eigenvalue weighted by Gasteiger charge is 2.10. The molecule has 0 aromatic heterocycles. The number of hydrogen-bond donors (Lipinski definition) is 1. The minimum absolute atomic E-state index is 0.124. The zero-order valence-electron chi connectivity index (χ0n) is 13.8. The predicted octanol–water partition coefficient (Wildman–Crippen LogP) is 4.09. The smallest absolute Gasteiger partial charge is 0.255 e. The van der Waals surface area contributed by atoms with Crippen LogP contribution >= 0.6 is 0 Å². The number of methoxy groups -OCH3 is 1. The van der Waals surface area contributed by atoms with Crippen molar-refractivity contribution in [3.63, 3.8) is 0 Å². The van der Waals surface area contributed by atoms with Crippen molar-refractivity contribution in [2.24, 2.45) is 0 Å². The number of ether oxygens (including phenoxy) is 2. The van der Waals surface area contributed by atoms with Crippen LogP contribution in [0, 0.1) is 0 Å². The second kappa shape index (κ2) is 8.34. The second-order valence-corrected chi connectivity index (χ2v) is 5.56. The molecule has 0 heterocycles. The zero-order chi connectivity index (χ0) is 16.7. The first-order valence-electron chi connectivity index (χ1n) is 7.74. The van der Waals surface area contributed by atoms with Crippen LogP contribution in [0.15, 0.2) is 48.5 Å². The molecule has 0 fully saturated rings. The Morgan fingerprint density at radius 2 is 1.74 bits per heavy atom. The molecule has 0 spiro atoms. The third kappa shape index (κ3) is 4.83. The lowest BCUT2D eigenvalue weighted by Crippen LogP contribution is -2.13. The van der Waals surface area contributed by atoms with Crippen LogP contribution in [-0.4, -0.2) is 26.2 Å². The number of para-hydroxylation sites is 1. The summed E-state index contributed by atoms with van der Waals surface area (Å²) in [5.74, 6) is 0.950. The molecule has 122 valence electrons. The molecular formula is C19H23NO3. The first-order chi connectivity index (χ1) is 11.1. The molecular weight excluding hydrogens is 290 g/mol. The largest absolute Gasteiger partial charge is 0.491 e. The fourth-order valence-electron chi connectivity index (χ4n) is 2.25. The van der Waals surface area contributed by atoms with Gasteiger partial charge in [0.25, 0.3) is 5.91 Å². The molecule has 2 aromatic rings. The Bertz CT molecular complexity index is 635. The van der Waals surface area contributed by atoms with Gasteiger partial charge in [-0.3, -0.25) is 4.79 Å². The summed E-state index contributed by atoms with van der Waals surface area (Å²) < 4.78 is 10.4. The van der Waals surface area contributed by atoms with Gasteiger partial charge in [0.2, 0.25) is 0 Å². The molecule has 0 aliphatic rings. The molecule has 0 aliphatic carbocycles. The van der Waals surface area contributed by atoms with Crippen LogP contribution in [0.25, 0.3) is 0 Å². The lowest BCUT2D eigenvalue weighted by Gasteiger charge is -2.13. The van der Waals surface area contributed by atoms with Crippen molar-refractivity contribution in [3.8, 4) is 5.75 Å². The predicted molar refractivity (Wildman–Crippen MR) is 92.3 cm³/mol. The summed E-state index contributed by atoms with van der Waals surface area (Å²) in [4.78, 5) is 12.4. The highest BCUT2D eigenvalue weighted by Crippen LogP contribution is 2.24. The summed E-state index contributed by atoms with van der Waals surface area (Å²) in [5.41, 5.74) is 2.58. The Labute approximate surface area is 137 Å². The molecule has 23 heavy (non-hydrogen) atoms. The maximum atomic E-state index is 12.4. The number of anilines is 1. The standard InChI is InChI=1S/C19H23NO3/c1-14(2)17-6-4-5-7-18(17)20-19(21)15-8-10-16(11-9-15)23-13-12-22-3/h4-11,14H,12-13H2,1-3H3,(H,20,21). The van der Waals surface area contributed by atoms with Crippen molar-refractivity contribution in [2.75, 3.05) is 25.6 Å². The number of amides is 1. The Hall–Kier alpha value is -2.33. The van der Waals surface area contributed by atoms with Crippen molar-refractivity contribution in [2.45, 2.75) is 19.8 Å². The maximum Gasteiger partial charge on any atom is 0.255 e. The summed E-state index contributed by atoms with van der Waals surface area (Å²) in [6.07, 6.45) is 0. The van der Waals surface area contributed by atoms with Crippen LogP contribution in [0.3, 0.4) is 0 Å². The number of nitrogens with one attached hydrogen (secondary N) is 1. The number of carbonyl (C=O) groups is 1. The van der Waals surface area contributed by atoms with Gasteiger partial charge in [0.15, 0.2) is 0 Å². The Morgan fingerprint density at radius 3 is 2.39 bits per heavy atom. The van der Waals surface area contributed by atoms with Crippen molar-refractivity contribution in [1.29, 1.82) is 0 Å². The van der Waals surface area contributed by atoms with E-state index >= 15 is 0 Å². The monoisotopic (exact) mass is 313 g/mol. The van der Waals surface area contributed by atoms with Gasteiger partial charge in [-0.1, -0.05) is 32.0 Å². The normalized spacial score (nSPS) is 10.6. The molecule has 1 N–H and O–H groups in total. The molecule has 4 heteroatoms. The Morgan fingerprint density at radius 1 is 1.04 bits per heavy atom. The average Bonchev–Trinajstić information content (AvgIpc) is 2.56. The summed E-state index contributed by atoms with van der Waals surface area (Å²) >= 11 is 0. The van der Waals surface area contributed by atoms with Crippen molar-refractivity contribution < 1.29 is 14.3 Å². The third-order valence-corrected chi connectivity index (χ3v) is 3.50. The molecule has 0 atom stereocenters. The summed E-state index contributed by atoms with van der Waals surface area (Å²) in [6, 6.07) is 15.0. The lowest BCUT2D eigenvalue weighted by molar-refractivity contribution is 0.102. The number of rotatable bonds is 7. The van der Waals surface area contributed by atoms with Crippen LogP contribution in [0.1, 0.15) is 35.7 Å². The van der Waals surface area contributed by atoms with E-state index in [-0.39, 0.29) is 5.91 Å². The van der Waals surface area contributed by atoms with Crippen molar-refractivity contribution >= 4 is 11.6 Å². The van der Waals surface area contributed by atoms with Gasteiger partial charge in [-0.2, -0.15) is 0 Å². The third-order valence-electron chi connectivity index (χ3n) is 3.50. The van der Waals surface area contributed by atoms with E-state index in [4.69, 9.17) is 9.47 Å². The average molecular weight is 313 g/mol. The molecule has 2 rings (SSSR count). The molecule has 4 nitrogen and oxygen atoms in total. The van der Waals surface area contributed by atoms with E-state index in [0.717, 1.165) is 17.0 Å². The van der Waals surface area contributed by atoms with Crippen molar-refractivity contribution in [1.82, 2.24) is 0 Å².